The van der Waals surface area contributed by atoms with E-state index in [4.69, 9.17) is 0 Å². The molecule has 5 heteroatoms. The van der Waals surface area contributed by atoms with Crippen LogP contribution < -0.4 is 5.32 Å². The second kappa shape index (κ2) is 5.72. The van der Waals surface area contributed by atoms with Gasteiger partial charge in [0.1, 0.15) is 0 Å². The fourth-order valence-electron chi connectivity index (χ4n) is 1.55. The van der Waals surface area contributed by atoms with E-state index in [9.17, 15) is 14.3 Å². The van der Waals surface area contributed by atoms with E-state index < -0.39 is 17.5 Å². The van der Waals surface area contributed by atoms with Crippen LogP contribution in [0.4, 0.5) is 4.39 Å². The number of aromatic nitrogens is 1. The summed E-state index contributed by atoms with van der Waals surface area (Å²) in [6, 6.07) is 2.84. The average Bonchev–Trinajstić information content (AvgIpc) is 2.27. The van der Waals surface area contributed by atoms with Crippen LogP contribution in [0, 0.1) is 5.95 Å². The number of rotatable bonds is 5. The van der Waals surface area contributed by atoms with Gasteiger partial charge in [0.15, 0.2) is 0 Å². The van der Waals surface area contributed by atoms with Gasteiger partial charge in [-0.2, -0.15) is 4.39 Å². The van der Waals surface area contributed by atoms with E-state index >= 15 is 0 Å². The van der Waals surface area contributed by atoms with E-state index in [1.54, 1.807) is 6.92 Å². The van der Waals surface area contributed by atoms with Gasteiger partial charge in [-0.3, -0.25) is 4.79 Å². The summed E-state index contributed by atoms with van der Waals surface area (Å²) < 4.78 is 13.2. The molecular weight excluding hydrogens is 223 g/mol. The van der Waals surface area contributed by atoms with Crippen LogP contribution in [0.5, 0.6) is 0 Å². The van der Waals surface area contributed by atoms with Crippen molar-refractivity contribution in [1.29, 1.82) is 0 Å². The number of hydrogen-bond donors (Lipinski definition) is 2. The van der Waals surface area contributed by atoms with E-state index in [-0.39, 0.29) is 12.1 Å². The van der Waals surface area contributed by atoms with Gasteiger partial charge < -0.3 is 10.4 Å². The molecular formula is C12H17FN2O2. The maximum atomic E-state index is 13.2. The highest BCUT2D eigenvalue weighted by atomic mass is 19.1. The van der Waals surface area contributed by atoms with Crippen LogP contribution >= 0.6 is 0 Å². The number of carbonyl (C=O) groups is 1. The van der Waals surface area contributed by atoms with Crippen LogP contribution in [0.25, 0.3) is 0 Å². The molecule has 0 saturated carbocycles. The van der Waals surface area contributed by atoms with Gasteiger partial charge in [-0.05, 0) is 25.5 Å². The predicted octanol–water partition coefficient (Wildman–Crippen LogP) is 1.50. The highest BCUT2D eigenvalue weighted by Crippen LogP contribution is 2.10. The Morgan fingerprint density at radius 1 is 1.65 bits per heavy atom. The SMILES string of the molecule is CCCC(C)(O)CNC(=O)c1cccnc1F. The first-order valence-electron chi connectivity index (χ1n) is 5.57. The maximum Gasteiger partial charge on any atom is 0.256 e. The number of carbonyl (C=O) groups excluding carboxylic acids is 1. The van der Waals surface area contributed by atoms with Crippen molar-refractivity contribution in [1.82, 2.24) is 10.3 Å². The smallest absolute Gasteiger partial charge is 0.256 e. The van der Waals surface area contributed by atoms with Gasteiger partial charge in [-0.1, -0.05) is 13.3 Å². The molecule has 0 radical (unpaired) electrons. The van der Waals surface area contributed by atoms with Crippen molar-refractivity contribution in [2.75, 3.05) is 6.54 Å². The number of aliphatic hydroxyl groups is 1. The molecule has 0 spiro atoms. The fraction of sp³-hybridized carbons (Fsp3) is 0.500. The summed E-state index contributed by atoms with van der Waals surface area (Å²) in [6.45, 7) is 3.67. The molecule has 0 fully saturated rings. The molecule has 0 aliphatic rings. The maximum absolute atomic E-state index is 13.2. The van der Waals surface area contributed by atoms with Gasteiger partial charge in [0, 0.05) is 12.7 Å². The van der Waals surface area contributed by atoms with E-state index in [2.05, 4.69) is 10.3 Å². The predicted molar refractivity (Wildman–Crippen MR) is 62.1 cm³/mol. The summed E-state index contributed by atoms with van der Waals surface area (Å²) in [5.41, 5.74) is -1.08. The topological polar surface area (TPSA) is 62.2 Å². The van der Waals surface area contributed by atoms with Crippen LogP contribution in [0.2, 0.25) is 0 Å². The number of pyridine rings is 1. The summed E-state index contributed by atoms with van der Waals surface area (Å²) in [5.74, 6) is -1.37. The second-order valence-electron chi connectivity index (χ2n) is 4.27. The van der Waals surface area contributed by atoms with Crippen molar-refractivity contribution >= 4 is 5.91 Å². The number of hydrogen-bond acceptors (Lipinski definition) is 3. The molecule has 1 atom stereocenters. The summed E-state index contributed by atoms with van der Waals surface area (Å²) in [6.07, 6.45) is 2.66. The first-order valence-corrected chi connectivity index (χ1v) is 5.57. The first-order chi connectivity index (χ1) is 7.96. The molecule has 1 unspecified atom stereocenters. The van der Waals surface area contributed by atoms with Gasteiger partial charge in [0.2, 0.25) is 5.95 Å². The van der Waals surface area contributed by atoms with E-state index in [1.807, 2.05) is 6.92 Å². The number of nitrogens with one attached hydrogen (secondary N) is 1. The molecule has 0 aliphatic heterocycles. The third-order valence-corrected chi connectivity index (χ3v) is 2.42. The lowest BCUT2D eigenvalue weighted by Crippen LogP contribution is -2.40. The summed E-state index contributed by atoms with van der Waals surface area (Å²) in [4.78, 5) is 15.0. The molecule has 94 valence electrons. The van der Waals surface area contributed by atoms with Crippen molar-refractivity contribution in [3.05, 3.63) is 29.8 Å². The van der Waals surface area contributed by atoms with Gasteiger partial charge in [-0.25, -0.2) is 4.98 Å². The zero-order valence-electron chi connectivity index (χ0n) is 10.0. The molecule has 0 aliphatic carbocycles. The van der Waals surface area contributed by atoms with E-state index in [0.29, 0.717) is 6.42 Å². The molecule has 1 heterocycles. The third-order valence-electron chi connectivity index (χ3n) is 2.42. The standard InChI is InChI=1S/C12H17FN2O2/c1-3-6-12(2,17)8-15-11(16)9-5-4-7-14-10(9)13/h4-5,7,17H,3,6,8H2,1-2H3,(H,15,16). The largest absolute Gasteiger partial charge is 0.388 e. The van der Waals surface area contributed by atoms with Gasteiger partial charge >= 0.3 is 0 Å². The lowest BCUT2D eigenvalue weighted by Gasteiger charge is -2.22. The Labute approximate surface area is 99.9 Å². The minimum Gasteiger partial charge on any atom is -0.388 e. The van der Waals surface area contributed by atoms with E-state index in [1.165, 1.54) is 18.3 Å². The van der Waals surface area contributed by atoms with Crippen molar-refractivity contribution < 1.29 is 14.3 Å². The Balaban J connectivity index is 2.59. The zero-order chi connectivity index (χ0) is 12.9. The molecule has 4 nitrogen and oxygen atoms in total. The molecule has 1 aromatic rings. The highest BCUT2D eigenvalue weighted by molar-refractivity contribution is 5.94. The summed E-state index contributed by atoms with van der Waals surface area (Å²) in [5, 5.41) is 12.4. The molecule has 1 aromatic heterocycles. The van der Waals surface area contributed by atoms with Crippen LogP contribution in [0.1, 0.15) is 37.0 Å². The number of nitrogens with zero attached hydrogens (tertiary/aromatic N) is 1. The Morgan fingerprint density at radius 3 is 2.94 bits per heavy atom. The second-order valence-corrected chi connectivity index (χ2v) is 4.27. The molecule has 0 aromatic carbocycles. The molecule has 0 saturated heterocycles. The Morgan fingerprint density at radius 2 is 2.35 bits per heavy atom. The van der Waals surface area contributed by atoms with Gasteiger partial charge in [-0.15, -0.1) is 0 Å². The number of amides is 1. The minimum absolute atomic E-state index is 0.0913. The lowest BCUT2D eigenvalue weighted by molar-refractivity contribution is 0.0468. The van der Waals surface area contributed by atoms with Crippen LogP contribution in [0.3, 0.4) is 0 Å². The van der Waals surface area contributed by atoms with Gasteiger partial charge in [0.05, 0.1) is 11.2 Å². The highest BCUT2D eigenvalue weighted by Gasteiger charge is 2.21. The lowest BCUT2D eigenvalue weighted by atomic mass is 10.0. The minimum atomic E-state index is -0.969. The third kappa shape index (κ3) is 4.11. The van der Waals surface area contributed by atoms with Crippen LogP contribution in [0.15, 0.2) is 18.3 Å². The molecule has 0 bridgehead atoms. The Hall–Kier alpha value is -1.49. The Bertz CT molecular complexity index is 394. The summed E-state index contributed by atoms with van der Waals surface area (Å²) >= 11 is 0. The monoisotopic (exact) mass is 240 g/mol. The molecule has 17 heavy (non-hydrogen) atoms. The van der Waals surface area contributed by atoms with Crippen molar-refractivity contribution in [2.45, 2.75) is 32.3 Å². The van der Waals surface area contributed by atoms with Gasteiger partial charge in [0.25, 0.3) is 5.91 Å². The average molecular weight is 240 g/mol. The van der Waals surface area contributed by atoms with E-state index in [0.717, 1.165) is 6.42 Å². The molecule has 1 amide bonds. The van der Waals surface area contributed by atoms with Crippen LogP contribution in [-0.4, -0.2) is 28.1 Å². The van der Waals surface area contributed by atoms with Crippen LogP contribution in [-0.2, 0) is 0 Å². The first kappa shape index (κ1) is 13.6. The quantitative estimate of drug-likeness (QED) is 0.767. The molecule has 1 rings (SSSR count). The Kier molecular flexibility index (Phi) is 4.57. The number of halogens is 1. The van der Waals surface area contributed by atoms with Crippen molar-refractivity contribution in [3.8, 4) is 0 Å². The van der Waals surface area contributed by atoms with Crippen molar-refractivity contribution in [3.63, 3.8) is 0 Å². The normalized spacial score (nSPS) is 14.1. The molecule has 2 N–H and O–H groups in total. The fourth-order valence-corrected chi connectivity index (χ4v) is 1.55. The zero-order valence-corrected chi connectivity index (χ0v) is 10.0. The summed E-state index contributed by atoms with van der Waals surface area (Å²) in [7, 11) is 0. The van der Waals surface area contributed by atoms with Crippen molar-refractivity contribution in [2.24, 2.45) is 0 Å².